The Morgan fingerprint density at radius 1 is 1.12 bits per heavy atom. The highest BCUT2D eigenvalue weighted by Crippen LogP contribution is 2.22. The second-order valence-corrected chi connectivity index (χ2v) is 3.66. The molecule has 0 spiro atoms. The quantitative estimate of drug-likeness (QED) is 0.832. The summed E-state index contributed by atoms with van der Waals surface area (Å²) in [7, 11) is 0. The van der Waals surface area contributed by atoms with Crippen LogP contribution >= 0.6 is 11.6 Å². The van der Waals surface area contributed by atoms with Crippen molar-refractivity contribution in [3.05, 3.63) is 53.3 Å². The molecule has 5 heteroatoms. The Hall–Kier alpha value is -2.07. The summed E-state index contributed by atoms with van der Waals surface area (Å²) >= 11 is 5.73. The van der Waals surface area contributed by atoms with E-state index in [1.54, 1.807) is 24.3 Å². The van der Waals surface area contributed by atoms with Crippen molar-refractivity contribution in [1.82, 2.24) is 4.98 Å². The van der Waals surface area contributed by atoms with Gasteiger partial charge in [0.15, 0.2) is 0 Å². The van der Waals surface area contributed by atoms with Gasteiger partial charge >= 0.3 is 0 Å². The second kappa shape index (κ2) is 4.84. The highest BCUT2D eigenvalue weighted by molar-refractivity contribution is 6.30. The van der Waals surface area contributed by atoms with Crippen molar-refractivity contribution in [3.63, 3.8) is 0 Å². The summed E-state index contributed by atoms with van der Waals surface area (Å²) in [4.78, 5) is 14.2. The molecule has 2 rings (SSSR count). The molecule has 1 heterocycles. The van der Waals surface area contributed by atoms with Crippen LogP contribution in [0.2, 0.25) is 5.02 Å². The molecule has 0 aliphatic carbocycles. The maximum atomic E-state index is 10.5. The van der Waals surface area contributed by atoms with E-state index in [0.717, 1.165) is 0 Å². The van der Waals surface area contributed by atoms with Crippen molar-refractivity contribution in [3.8, 4) is 11.5 Å². The van der Waals surface area contributed by atoms with Crippen molar-refractivity contribution in [2.75, 3.05) is 0 Å². The fraction of sp³-hybridized carbons (Fsp3) is 0. The molecule has 0 N–H and O–H groups in total. The number of carboxylic acids is 1. The van der Waals surface area contributed by atoms with Crippen LogP contribution in [0.3, 0.4) is 0 Å². The van der Waals surface area contributed by atoms with Gasteiger partial charge in [0.1, 0.15) is 11.5 Å². The first-order valence-corrected chi connectivity index (χ1v) is 5.14. The summed E-state index contributed by atoms with van der Waals surface area (Å²) in [6.45, 7) is 0. The number of ether oxygens (including phenoxy) is 1. The number of benzene rings is 1. The fourth-order valence-corrected chi connectivity index (χ4v) is 1.33. The Bertz CT molecular complexity index is 522. The summed E-state index contributed by atoms with van der Waals surface area (Å²) < 4.78 is 5.43. The molecule has 17 heavy (non-hydrogen) atoms. The smallest absolute Gasteiger partial charge is 0.145 e. The fourth-order valence-electron chi connectivity index (χ4n) is 1.20. The van der Waals surface area contributed by atoms with E-state index in [-0.39, 0.29) is 5.69 Å². The topological polar surface area (TPSA) is 62.2 Å². The Morgan fingerprint density at radius 2 is 1.76 bits per heavy atom. The van der Waals surface area contributed by atoms with E-state index in [1.807, 2.05) is 0 Å². The van der Waals surface area contributed by atoms with Crippen LogP contribution < -0.4 is 9.84 Å². The van der Waals surface area contributed by atoms with Crippen LogP contribution in [0.4, 0.5) is 0 Å². The zero-order chi connectivity index (χ0) is 12.3. The Morgan fingerprint density at radius 3 is 2.29 bits per heavy atom. The van der Waals surface area contributed by atoms with Crippen molar-refractivity contribution in [2.45, 2.75) is 0 Å². The number of nitrogens with zero attached hydrogens (tertiary/aromatic N) is 1. The molecule has 1 aromatic heterocycles. The molecule has 0 saturated carbocycles. The zero-order valence-corrected chi connectivity index (χ0v) is 9.35. The van der Waals surface area contributed by atoms with Gasteiger partial charge in [-0.1, -0.05) is 11.6 Å². The van der Waals surface area contributed by atoms with E-state index in [4.69, 9.17) is 16.3 Å². The molecule has 0 amide bonds. The normalized spacial score (nSPS) is 9.94. The molecule has 0 saturated heterocycles. The molecule has 0 radical (unpaired) electrons. The minimum absolute atomic E-state index is 0.131. The zero-order valence-electron chi connectivity index (χ0n) is 8.59. The van der Waals surface area contributed by atoms with Crippen LogP contribution in [-0.2, 0) is 0 Å². The first-order chi connectivity index (χ1) is 8.15. The van der Waals surface area contributed by atoms with Gasteiger partial charge < -0.3 is 14.6 Å². The molecule has 86 valence electrons. The largest absolute Gasteiger partial charge is 0.543 e. The summed E-state index contributed by atoms with van der Waals surface area (Å²) in [5, 5.41) is 11.1. The van der Waals surface area contributed by atoms with E-state index in [0.29, 0.717) is 16.5 Å². The number of carboxylic acid groups (broad SMARTS) is 1. The number of carbonyl (C=O) groups is 1. The number of hydrogen-bond donors (Lipinski definition) is 0. The van der Waals surface area contributed by atoms with E-state index in [1.165, 1.54) is 18.3 Å². The molecule has 0 bridgehead atoms. The highest BCUT2D eigenvalue weighted by atomic mass is 35.5. The van der Waals surface area contributed by atoms with E-state index in [2.05, 4.69) is 4.98 Å². The number of hydrogen-bond acceptors (Lipinski definition) is 4. The van der Waals surface area contributed by atoms with Gasteiger partial charge in [0, 0.05) is 5.02 Å². The number of rotatable bonds is 3. The van der Waals surface area contributed by atoms with Gasteiger partial charge in [0.2, 0.25) is 0 Å². The van der Waals surface area contributed by atoms with Crippen molar-refractivity contribution in [2.24, 2.45) is 0 Å². The van der Waals surface area contributed by atoms with Crippen LogP contribution in [0.1, 0.15) is 10.5 Å². The molecule has 2 aromatic rings. The second-order valence-electron chi connectivity index (χ2n) is 3.22. The van der Waals surface area contributed by atoms with Gasteiger partial charge in [-0.3, -0.25) is 4.98 Å². The predicted octanol–water partition coefficient (Wildman–Crippen LogP) is 1.89. The van der Waals surface area contributed by atoms with Crippen LogP contribution in [-0.4, -0.2) is 11.0 Å². The Labute approximate surface area is 102 Å². The monoisotopic (exact) mass is 248 g/mol. The van der Waals surface area contributed by atoms with Crippen LogP contribution in [0.15, 0.2) is 42.6 Å². The van der Waals surface area contributed by atoms with Gasteiger partial charge in [-0.2, -0.15) is 0 Å². The summed E-state index contributed by atoms with van der Waals surface area (Å²) in [6, 6.07) is 9.62. The number of aromatic nitrogens is 1. The van der Waals surface area contributed by atoms with Crippen LogP contribution in [0.25, 0.3) is 0 Å². The first kappa shape index (κ1) is 11.4. The summed E-state index contributed by atoms with van der Waals surface area (Å²) in [6.07, 6.45) is 1.32. The van der Waals surface area contributed by atoms with Crippen LogP contribution in [0.5, 0.6) is 11.5 Å². The maximum absolute atomic E-state index is 10.5. The Kier molecular flexibility index (Phi) is 3.25. The van der Waals surface area contributed by atoms with Crippen molar-refractivity contribution in [1.29, 1.82) is 0 Å². The van der Waals surface area contributed by atoms with Gasteiger partial charge in [-0.15, -0.1) is 0 Å². The predicted molar refractivity (Wildman–Crippen MR) is 60.1 cm³/mol. The van der Waals surface area contributed by atoms with Gasteiger partial charge in [-0.25, -0.2) is 0 Å². The third-order valence-corrected chi connectivity index (χ3v) is 2.25. The molecule has 0 fully saturated rings. The Balaban J connectivity index is 2.13. The molecule has 0 aliphatic heterocycles. The lowest BCUT2D eigenvalue weighted by molar-refractivity contribution is -0.255. The lowest BCUT2D eigenvalue weighted by atomic mass is 10.3. The molecule has 0 atom stereocenters. The number of aromatic carboxylic acids is 1. The number of carbonyl (C=O) groups excluding carboxylic acids is 1. The molecule has 1 aromatic carbocycles. The summed E-state index contributed by atoms with van der Waals surface area (Å²) in [5.41, 5.74) is -0.131. The number of halogens is 1. The van der Waals surface area contributed by atoms with Gasteiger partial charge in [0.05, 0.1) is 17.9 Å². The molecule has 4 nitrogen and oxygen atoms in total. The summed E-state index contributed by atoms with van der Waals surface area (Å²) in [5.74, 6) is -0.280. The lowest BCUT2D eigenvalue weighted by Gasteiger charge is -2.06. The SMILES string of the molecule is O=C([O-])c1ccc(Oc2ccc(Cl)cc2)cn1. The standard InChI is InChI=1S/C12H8ClNO3/c13-8-1-3-9(4-2-8)17-10-5-6-11(12(15)16)14-7-10/h1-7H,(H,15,16)/p-1. The van der Waals surface area contributed by atoms with Crippen molar-refractivity contribution < 1.29 is 14.6 Å². The van der Waals surface area contributed by atoms with E-state index < -0.39 is 5.97 Å². The van der Waals surface area contributed by atoms with E-state index >= 15 is 0 Å². The van der Waals surface area contributed by atoms with Crippen molar-refractivity contribution >= 4 is 17.6 Å². The minimum Gasteiger partial charge on any atom is -0.543 e. The first-order valence-electron chi connectivity index (χ1n) is 4.76. The van der Waals surface area contributed by atoms with Gasteiger partial charge in [0.25, 0.3) is 0 Å². The molecular weight excluding hydrogens is 242 g/mol. The maximum Gasteiger partial charge on any atom is 0.145 e. The number of pyridine rings is 1. The highest BCUT2D eigenvalue weighted by Gasteiger charge is 1.99. The molecular formula is C12H7ClNO3-. The van der Waals surface area contributed by atoms with E-state index in [9.17, 15) is 9.90 Å². The average Bonchev–Trinajstić information content (AvgIpc) is 2.33. The minimum atomic E-state index is -1.32. The lowest BCUT2D eigenvalue weighted by Crippen LogP contribution is -2.23. The third kappa shape index (κ3) is 2.95. The van der Waals surface area contributed by atoms with Crippen LogP contribution in [0, 0.1) is 0 Å². The van der Waals surface area contributed by atoms with Gasteiger partial charge in [-0.05, 0) is 36.4 Å². The molecule has 0 unspecified atom stereocenters. The third-order valence-electron chi connectivity index (χ3n) is 1.99. The molecule has 0 aliphatic rings. The average molecular weight is 249 g/mol.